The highest BCUT2D eigenvalue weighted by molar-refractivity contribution is 5.90. The number of rotatable bonds is 8. The van der Waals surface area contributed by atoms with Gasteiger partial charge in [-0.25, -0.2) is 4.79 Å². The molecule has 6 nitrogen and oxygen atoms in total. The van der Waals surface area contributed by atoms with Crippen LogP contribution in [0, 0.1) is 5.92 Å². The van der Waals surface area contributed by atoms with Gasteiger partial charge in [-0.2, -0.15) is 0 Å². The minimum atomic E-state index is -0.813. The van der Waals surface area contributed by atoms with Crippen molar-refractivity contribution in [3.63, 3.8) is 0 Å². The zero-order valence-electron chi connectivity index (χ0n) is 15.1. The fourth-order valence-electron chi connectivity index (χ4n) is 2.28. The number of ether oxygens (including phenoxy) is 1. The number of benzene rings is 1. The molecule has 1 aromatic carbocycles. The quantitative estimate of drug-likeness (QED) is 0.704. The monoisotopic (exact) mass is 346 g/mol. The molecule has 0 aliphatic carbocycles. The molecule has 0 bridgehead atoms. The molecule has 2 atom stereocenters. The number of amides is 2. The van der Waals surface area contributed by atoms with Crippen LogP contribution in [0.2, 0.25) is 0 Å². The zero-order valence-corrected chi connectivity index (χ0v) is 15.1. The van der Waals surface area contributed by atoms with E-state index in [1.165, 1.54) is 14.0 Å². The molecule has 0 heterocycles. The molecule has 0 saturated heterocycles. The molecule has 0 aromatic heterocycles. The van der Waals surface area contributed by atoms with Crippen molar-refractivity contribution in [2.75, 3.05) is 7.11 Å². The molecule has 0 spiro atoms. The van der Waals surface area contributed by atoms with E-state index in [9.17, 15) is 14.4 Å². The normalized spacial score (nSPS) is 13.3. The maximum Gasteiger partial charge on any atom is 0.328 e. The van der Waals surface area contributed by atoms with E-state index < -0.39 is 24.0 Å². The molecular formula is C19H26N2O4. The van der Waals surface area contributed by atoms with Crippen LogP contribution in [0.1, 0.15) is 32.8 Å². The summed E-state index contributed by atoms with van der Waals surface area (Å²) in [6.45, 7) is 4.99. The Morgan fingerprint density at radius 1 is 1.12 bits per heavy atom. The third kappa shape index (κ3) is 7.20. The molecule has 0 aliphatic rings. The average molecular weight is 346 g/mol. The summed E-state index contributed by atoms with van der Waals surface area (Å²) in [5.41, 5.74) is 0.996. The summed E-state index contributed by atoms with van der Waals surface area (Å²) in [6.07, 6.45) is 3.97. The third-order valence-corrected chi connectivity index (χ3v) is 3.59. The fourth-order valence-corrected chi connectivity index (χ4v) is 2.28. The first-order chi connectivity index (χ1) is 11.8. The van der Waals surface area contributed by atoms with Crippen LogP contribution in [0.15, 0.2) is 36.4 Å². The highest BCUT2D eigenvalue weighted by atomic mass is 16.5. The van der Waals surface area contributed by atoms with Crippen LogP contribution in [0.25, 0.3) is 6.08 Å². The fraction of sp³-hybridized carbons (Fsp3) is 0.421. The molecular weight excluding hydrogens is 320 g/mol. The lowest BCUT2D eigenvalue weighted by atomic mass is 10.0. The topological polar surface area (TPSA) is 84.5 Å². The first-order valence-corrected chi connectivity index (χ1v) is 8.22. The number of hydrogen-bond donors (Lipinski definition) is 2. The molecule has 2 amide bonds. The van der Waals surface area contributed by atoms with Crippen LogP contribution in [-0.4, -0.2) is 37.0 Å². The van der Waals surface area contributed by atoms with E-state index >= 15 is 0 Å². The van der Waals surface area contributed by atoms with Crippen LogP contribution in [0.5, 0.6) is 0 Å². The van der Waals surface area contributed by atoms with E-state index in [0.29, 0.717) is 0 Å². The van der Waals surface area contributed by atoms with Crippen molar-refractivity contribution in [3.05, 3.63) is 42.0 Å². The lowest BCUT2D eigenvalue weighted by molar-refractivity contribution is -0.145. The van der Waals surface area contributed by atoms with Gasteiger partial charge in [0, 0.05) is 6.92 Å². The van der Waals surface area contributed by atoms with Gasteiger partial charge in [-0.15, -0.1) is 0 Å². The summed E-state index contributed by atoms with van der Waals surface area (Å²) in [6, 6.07) is 8.11. The van der Waals surface area contributed by atoms with Gasteiger partial charge >= 0.3 is 5.97 Å². The summed E-state index contributed by atoms with van der Waals surface area (Å²) >= 11 is 0. The van der Waals surface area contributed by atoms with E-state index in [-0.39, 0.29) is 18.2 Å². The second kappa shape index (κ2) is 10.3. The molecule has 1 aromatic rings. The van der Waals surface area contributed by atoms with Gasteiger partial charge in [-0.1, -0.05) is 56.3 Å². The van der Waals surface area contributed by atoms with Gasteiger partial charge in [0.25, 0.3) is 0 Å². The van der Waals surface area contributed by atoms with Gasteiger partial charge in [-0.3, -0.25) is 9.59 Å². The Morgan fingerprint density at radius 2 is 1.76 bits per heavy atom. The molecule has 0 saturated carbocycles. The van der Waals surface area contributed by atoms with Crippen LogP contribution in [0.3, 0.4) is 0 Å². The number of methoxy groups -OCH3 is 1. The standard InChI is InChI=1S/C19H26N2O4/c1-13(2)17(20-14(3)22)18(23)21-16(19(24)25-4)12-8-11-15-9-6-5-7-10-15/h5-11,13,16-17H,12H2,1-4H3,(H,20,22)(H,21,23)/b11-8+/t16-,17+/m0/s1. The van der Waals surface area contributed by atoms with E-state index in [0.717, 1.165) is 5.56 Å². The number of nitrogens with one attached hydrogen (secondary N) is 2. The van der Waals surface area contributed by atoms with E-state index in [4.69, 9.17) is 4.74 Å². The summed E-state index contributed by atoms with van der Waals surface area (Å²) in [5.74, 6) is -1.35. The number of hydrogen-bond acceptors (Lipinski definition) is 4. The number of carbonyl (C=O) groups is 3. The van der Waals surface area contributed by atoms with Crippen LogP contribution >= 0.6 is 0 Å². The van der Waals surface area contributed by atoms with Crippen molar-refractivity contribution >= 4 is 23.9 Å². The minimum absolute atomic E-state index is 0.109. The van der Waals surface area contributed by atoms with Gasteiger partial charge in [-0.05, 0) is 17.9 Å². The van der Waals surface area contributed by atoms with E-state index in [2.05, 4.69) is 10.6 Å². The van der Waals surface area contributed by atoms with Gasteiger partial charge in [0.05, 0.1) is 7.11 Å². The van der Waals surface area contributed by atoms with Crippen molar-refractivity contribution in [2.24, 2.45) is 5.92 Å². The lowest BCUT2D eigenvalue weighted by Crippen LogP contribution is -2.53. The summed E-state index contributed by atoms with van der Waals surface area (Å²) < 4.78 is 4.76. The predicted molar refractivity (Wildman–Crippen MR) is 96.5 cm³/mol. The van der Waals surface area contributed by atoms with Gasteiger partial charge < -0.3 is 15.4 Å². The summed E-state index contributed by atoms with van der Waals surface area (Å²) in [7, 11) is 1.27. The van der Waals surface area contributed by atoms with Crippen molar-refractivity contribution in [1.29, 1.82) is 0 Å². The molecule has 136 valence electrons. The molecule has 25 heavy (non-hydrogen) atoms. The second-order valence-electron chi connectivity index (χ2n) is 6.06. The number of esters is 1. The largest absolute Gasteiger partial charge is 0.467 e. The van der Waals surface area contributed by atoms with Crippen molar-refractivity contribution < 1.29 is 19.1 Å². The Hall–Kier alpha value is -2.63. The summed E-state index contributed by atoms with van der Waals surface area (Å²) in [5, 5.41) is 5.26. The minimum Gasteiger partial charge on any atom is -0.467 e. The molecule has 6 heteroatoms. The molecule has 2 N–H and O–H groups in total. The smallest absolute Gasteiger partial charge is 0.328 e. The van der Waals surface area contributed by atoms with Crippen molar-refractivity contribution in [1.82, 2.24) is 10.6 Å². The Morgan fingerprint density at radius 3 is 2.28 bits per heavy atom. The van der Waals surface area contributed by atoms with E-state index in [1.807, 2.05) is 50.3 Å². The zero-order chi connectivity index (χ0) is 18.8. The van der Waals surface area contributed by atoms with Crippen LogP contribution in [0.4, 0.5) is 0 Å². The maximum atomic E-state index is 12.4. The molecule has 0 unspecified atom stereocenters. The first-order valence-electron chi connectivity index (χ1n) is 8.22. The molecule has 1 rings (SSSR count). The van der Waals surface area contributed by atoms with E-state index in [1.54, 1.807) is 6.08 Å². The Kier molecular flexibility index (Phi) is 8.39. The number of carbonyl (C=O) groups excluding carboxylic acids is 3. The average Bonchev–Trinajstić information content (AvgIpc) is 2.58. The van der Waals surface area contributed by atoms with Crippen molar-refractivity contribution in [3.8, 4) is 0 Å². The van der Waals surface area contributed by atoms with Gasteiger partial charge in [0.2, 0.25) is 11.8 Å². The Labute approximate surface area is 148 Å². The first kappa shape index (κ1) is 20.4. The highest BCUT2D eigenvalue weighted by Crippen LogP contribution is 2.07. The summed E-state index contributed by atoms with van der Waals surface area (Å²) in [4.78, 5) is 35.6. The highest BCUT2D eigenvalue weighted by Gasteiger charge is 2.27. The lowest BCUT2D eigenvalue weighted by Gasteiger charge is -2.23. The molecule has 0 aliphatic heterocycles. The Bertz CT molecular complexity index is 611. The second-order valence-corrected chi connectivity index (χ2v) is 6.06. The van der Waals surface area contributed by atoms with Crippen LogP contribution < -0.4 is 10.6 Å². The SMILES string of the molecule is COC(=O)[C@H](C/C=C/c1ccccc1)NC(=O)[C@H](NC(C)=O)C(C)C. The van der Waals surface area contributed by atoms with Gasteiger partial charge in [0.15, 0.2) is 0 Å². The van der Waals surface area contributed by atoms with Crippen LogP contribution in [-0.2, 0) is 19.1 Å². The Balaban J connectivity index is 2.77. The maximum absolute atomic E-state index is 12.4. The third-order valence-electron chi connectivity index (χ3n) is 3.59. The van der Waals surface area contributed by atoms with Gasteiger partial charge in [0.1, 0.15) is 12.1 Å². The molecule has 0 radical (unpaired) electrons. The predicted octanol–water partition coefficient (Wildman–Crippen LogP) is 1.91. The van der Waals surface area contributed by atoms with Crippen molar-refractivity contribution in [2.45, 2.75) is 39.3 Å². The molecule has 0 fully saturated rings.